The fourth-order valence-electron chi connectivity index (χ4n) is 10.0. The van der Waals surface area contributed by atoms with Crippen LogP contribution in [0, 0.1) is 0 Å². The van der Waals surface area contributed by atoms with Crippen molar-refractivity contribution in [3.8, 4) is 33.4 Å². The monoisotopic (exact) mass is 721 g/mol. The van der Waals surface area contributed by atoms with E-state index in [0.29, 0.717) is 0 Å². The molecule has 0 amide bonds. The van der Waals surface area contributed by atoms with Crippen LogP contribution >= 0.6 is 0 Å². The van der Waals surface area contributed by atoms with Gasteiger partial charge in [-0.05, 0) is 102 Å². The molecule has 0 saturated carbocycles. The molecule has 8 aromatic rings. The van der Waals surface area contributed by atoms with Crippen molar-refractivity contribution >= 4 is 27.8 Å². The summed E-state index contributed by atoms with van der Waals surface area (Å²) in [5.74, 6) is 0. The van der Waals surface area contributed by atoms with Gasteiger partial charge in [0, 0.05) is 33.2 Å². The van der Waals surface area contributed by atoms with Gasteiger partial charge in [-0.1, -0.05) is 187 Å². The number of hydrogen-bond donors (Lipinski definition) is 0. The van der Waals surface area contributed by atoms with Crippen molar-refractivity contribution in [1.29, 1.82) is 0 Å². The van der Waals surface area contributed by atoms with Gasteiger partial charge in [0.05, 0.1) is 5.69 Å². The first-order chi connectivity index (χ1) is 27.1. The summed E-state index contributed by atoms with van der Waals surface area (Å²) in [5, 5.41) is 2.49. The molecule has 0 atom stereocenters. The molecule has 56 heavy (non-hydrogen) atoms. The molecule has 0 aliphatic heterocycles. The largest absolute Gasteiger partial charge is 0.310 e. The molecule has 0 bridgehead atoms. The predicted octanol–water partition coefficient (Wildman–Crippen LogP) is 14.9. The summed E-state index contributed by atoms with van der Waals surface area (Å²) in [5.41, 5.74) is 19.1. The number of anilines is 3. The lowest BCUT2D eigenvalue weighted by molar-refractivity contribution is 0.641. The first-order valence-corrected chi connectivity index (χ1v) is 20.0. The van der Waals surface area contributed by atoms with Crippen molar-refractivity contribution < 1.29 is 0 Å². The van der Waals surface area contributed by atoms with Crippen molar-refractivity contribution in [2.24, 2.45) is 0 Å². The smallest absolute Gasteiger partial charge is 0.0546 e. The fourth-order valence-corrected chi connectivity index (χ4v) is 10.0. The molecule has 0 N–H and O–H groups in total. The second-order valence-electron chi connectivity index (χ2n) is 17.4. The molecule has 0 radical (unpaired) electrons. The number of fused-ring (bicyclic) bond motifs is 7. The van der Waals surface area contributed by atoms with E-state index >= 15 is 0 Å². The van der Waals surface area contributed by atoms with Gasteiger partial charge in [0.15, 0.2) is 0 Å². The average Bonchev–Trinajstić information content (AvgIpc) is 3.61. The quantitative estimate of drug-likeness (QED) is 0.165. The van der Waals surface area contributed by atoms with Crippen molar-refractivity contribution in [2.75, 3.05) is 4.90 Å². The minimum atomic E-state index is -0.146. The Morgan fingerprint density at radius 2 is 0.946 bits per heavy atom. The van der Waals surface area contributed by atoms with E-state index in [4.69, 9.17) is 0 Å². The Morgan fingerprint density at radius 3 is 1.71 bits per heavy atom. The molecule has 2 aliphatic carbocycles. The zero-order valence-corrected chi connectivity index (χ0v) is 33.2. The fraction of sp³-hybridized carbons (Fsp3) is 0.164. The van der Waals surface area contributed by atoms with Gasteiger partial charge in [0.25, 0.3) is 0 Å². The van der Waals surface area contributed by atoms with Crippen LogP contribution in [0.4, 0.5) is 17.1 Å². The summed E-state index contributed by atoms with van der Waals surface area (Å²) in [4.78, 5) is 2.51. The third-order valence-corrected chi connectivity index (χ3v) is 13.2. The number of hydrogen-bond acceptors (Lipinski definition) is 1. The summed E-state index contributed by atoms with van der Waals surface area (Å²) in [7, 11) is 0. The highest BCUT2D eigenvalue weighted by Gasteiger charge is 2.38. The second-order valence-corrected chi connectivity index (χ2v) is 17.4. The van der Waals surface area contributed by atoms with Crippen LogP contribution in [-0.4, -0.2) is 0 Å². The Kier molecular flexibility index (Phi) is 7.61. The van der Waals surface area contributed by atoms with Crippen LogP contribution in [0.1, 0.15) is 74.9 Å². The first kappa shape index (κ1) is 34.3. The molecule has 1 nitrogen and oxygen atoms in total. The minimum Gasteiger partial charge on any atom is -0.310 e. The minimum absolute atomic E-state index is 0.0706. The van der Waals surface area contributed by atoms with E-state index in [1.165, 1.54) is 83.2 Å². The molecular formula is C55H47N. The van der Waals surface area contributed by atoms with Crippen molar-refractivity contribution in [1.82, 2.24) is 0 Å². The van der Waals surface area contributed by atoms with Gasteiger partial charge in [-0.2, -0.15) is 0 Å². The van der Waals surface area contributed by atoms with Gasteiger partial charge in [-0.3, -0.25) is 0 Å². The maximum absolute atomic E-state index is 2.51. The van der Waals surface area contributed by atoms with Gasteiger partial charge < -0.3 is 4.90 Å². The molecule has 0 spiro atoms. The topological polar surface area (TPSA) is 3.24 Å². The van der Waals surface area contributed by atoms with Gasteiger partial charge in [-0.25, -0.2) is 0 Å². The lowest BCUT2D eigenvalue weighted by Crippen LogP contribution is -2.19. The summed E-state index contributed by atoms with van der Waals surface area (Å²) in [6.07, 6.45) is 0. The molecule has 10 rings (SSSR count). The van der Waals surface area contributed by atoms with E-state index in [1.54, 1.807) is 0 Å². The van der Waals surface area contributed by atoms with E-state index < -0.39 is 0 Å². The molecule has 2 aliphatic rings. The third kappa shape index (κ3) is 5.00. The zero-order chi connectivity index (χ0) is 38.4. The van der Waals surface area contributed by atoms with Crippen LogP contribution < -0.4 is 4.90 Å². The Labute approximate surface area is 331 Å². The van der Waals surface area contributed by atoms with Gasteiger partial charge in [-0.15, -0.1) is 0 Å². The molecule has 0 heterocycles. The van der Waals surface area contributed by atoms with Crippen LogP contribution in [0.25, 0.3) is 44.2 Å². The Bertz CT molecular complexity index is 2820. The zero-order valence-electron chi connectivity index (χ0n) is 33.2. The van der Waals surface area contributed by atoms with E-state index in [9.17, 15) is 0 Å². The molecular weight excluding hydrogens is 675 g/mol. The van der Waals surface area contributed by atoms with Crippen LogP contribution in [0.2, 0.25) is 0 Å². The molecule has 0 saturated heterocycles. The molecule has 272 valence electrons. The van der Waals surface area contributed by atoms with E-state index in [0.717, 1.165) is 11.4 Å². The Morgan fingerprint density at radius 1 is 0.393 bits per heavy atom. The SMILES string of the molecule is CC(C)(c1ccccc1)c1ccc(N(c2ccc3c(c2)-c2ccccc2C3(C)C)c2ccc3ccccc3c2-c2cccc3c2-c2ccccc2C3(C)C)cc1. The Hall–Kier alpha value is -6.18. The van der Waals surface area contributed by atoms with Crippen LogP contribution in [0.15, 0.2) is 176 Å². The van der Waals surface area contributed by atoms with E-state index in [-0.39, 0.29) is 16.2 Å². The van der Waals surface area contributed by atoms with E-state index in [2.05, 4.69) is 222 Å². The van der Waals surface area contributed by atoms with Gasteiger partial charge in [0.2, 0.25) is 0 Å². The predicted molar refractivity (Wildman–Crippen MR) is 238 cm³/mol. The molecule has 0 aromatic heterocycles. The first-order valence-electron chi connectivity index (χ1n) is 20.0. The maximum Gasteiger partial charge on any atom is 0.0546 e. The van der Waals surface area contributed by atoms with Gasteiger partial charge in [0.1, 0.15) is 0 Å². The molecule has 8 aromatic carbocycles. The summed E-state index contributed by atoms with van der Waals surface area (Å²) < 4.78 is 0. The third-order valence-electron chi connectivity index (χ3n) is 13.2. The van der Waals surface area contributed by atoms with E-state index in [1.807, 2.05) is 0 Å². The van der Waals surface area contributed by atoms with Crippen molar-refractivity contribution in [3.05, 3.63) is 209 Å². The summed E-state index contributed by atoms with van der Waals surface area (Å²) >= 11 is 0. The van der Waals surface area contributed by atoms with Gasteiger partial charge >= 0.3 is 0 Å². The number of rotatable bonds is 6. The highest BCUT2D eigenvalue weighted by Crippen LogP contribution is 2.56. The highest BCUT2D eigenvalue weighted by molar-refractivity contribution is 6.09. The molecule has 0 fully saturated rings. The second kappa shape index (κ2) is 12.4. The van der Waals surface area contributed by atoms with Crippen LogP contribution in [-0.2, 0) is 16.2 Å². The number of nitrogens with zero attached hydrogens (tertiary/aromatic N) is 1. The average molecular weight is 722 g/mol. The summed E-state index contributed by atoms with van der Waals surface area (Å²) in [6, 6.07) is 65.9. The normalized spacial score (nSPS) is 14.5. The highest BCUT2D eigenvalue weighted by atomic mass is 15.1. The van der Waals surface area contributed by atoms with Crippen molar-refractivity contribution in [2.45, 2.75) is 57.8 Å². The van der Waals surface area contributed by atoms with Crippen LogP contribution in [0.5, 0.6) is 0 Å². The summed E-state index contributed by atoms with van der Waals surface area (Å²) in [6.45, 7) is 14.1. The standard InChI is InChI=1S/C55H47N/c1-53(2,37-18-8-7-9-19-37)38-28-30-39(31-29-38)56(40-32-33-48-45(35-40)42-21-12-14-24-46(42)54(48,3)4)50-34-27-36-17-10-11-20-41(36)52(50)44-23-16-26-49-51(44)43-22-13-15-25-47(43)55(49,5)6/h7-35H,1-6H3. The number of benzene rings is 8. The lowest BCUT2D eigenvalue weighted by Gasteiger charge is -2.31. The van der Waals surface area contributed by atoms with Crippen LogP contribution in [0.3, 0.4) is 0 Å². The van der Waals surface area contributed by atoms with Crippen molar-refractivity contribution in [3.63, 3.8) is 0 Å². The molecule has 1 heteroatoms. The maximum atomic E-state index is 2.51. The Balaban J connectivity index is 1.25. The molecule has 0 unspecified atom stereocenters. The lowest BCUT2D eigenvalue weighted by atomic mass is 9.78.